The fourth-order valence-corrected chi connectivity index (χ4v) is 4.51. The lowest BCUT2D eigenvalue weighted by Gasteiger charge is -2.35. The third-order valence-electron chi connectivity index (χ3n) is 6.11. The lowest BCUT2D eigenvalue weighted by Crippen LogP contribution is -2.44. The summed E-state index contributed by atoms with van der Waals surface area (Å²) in [5.41, 5.74) is 11.5. The molecule has 186 valence electrons. The van der Waals surface area contributed by atoms with Crippen LogP contribution in [0.15, 0.2) is 66.1 Å². The Labute approximate surface area is 209 Å². The minimum absolute atomic E-state index is 0.0875. The molecule has 1 aliphatic rings. The summed E-state index contributed by atoms with van der Waals surface area (Å²) in [6.45, 7) is 5.16. The van der Waals surface area contributed by atoms with Crippen LogP contribution in [0.3, 0.4) is 0 Å². The van der Waals surface area contributed by atoms with E-state index in [9.17, 15) is 9.59 Å². The Kier molecular flexibility index (Phi) is 7.48. The van der Waals surface area contributed by atoms with Crippen molar-refractivity contribution in [1.29, 1.82) is 0 Å². The van der Waals surface area contributed by atoms with E-state index in [0.29, 0.717) is 37.2 Å². The van der Waals surface area contributed by atoms with Gasteiger partial charge in [0.25, 0.3) is 0 Å². The topological polar surface area (TPSA) is 130 Å². The second kappa shape index (κ2) is 10.9. The summed E-state index contributed by atoms with van der Waals surface area (Å²) >= 11 is 0. The number of nitrogens with one attached hydrogen (secondary N) is 1. The number of pyridine rings is 1. The average molecular weight is 488 g/mol. The molecule has 4 rings (SSSR count). The van der Waals surface area contributed by atoms with Crippen molar-refractivity contribution in [3.05, 3.63) is 83.2 Å². The second-order valence-electron chi connectivity index (χ2n) is 8.89. The Morgan fingerprint density at radius 1 is 1.08 bits per heavy atom. The Morgan fingerprint density at radius 3 is 2.39 bits per heavy atom. The van der Waals surface area contributed by atoms with Gasteiger partial charge in [-0.2, -0.15) is 0 Å². The number of carboxylic acid groups (broad SMARTS) is 1. The van der Waals surface area contributed by atoms with E-state index in [1.807, 2.05) is 44.2 Å². The quantitative estimate of drug-likeness (QED) is 0.207. The summed E-state index contributed by atoms with van der Waals surface area (Å²) < 4.78 is 0. The Bertz CT molecular complexity index is 1260. The van der Waals surface area contributed by atoms with Gasteiger partial charge in [0.2, 0.25) is 0 Å². The summed E-state index contributed by atoms with van der Waals surface area (Å²) in [6.07, 6.45) is 3.39. The van der Waals surface area contributed by atoms with E-state index in [-0.39, 0.29) is 17.4 Å². The van der Waals surface area contributed by atoms with Crippen molar-refractivity contribution in [1.82, 2.24) is 10.3 Å². The van der Waals surface area contributed by atoms with E-state index < -0.39 is 12.1 Å². The molecule has 1 aliphatic heterocycles. The number of anilines is 1. The van der Waals surface area contributed by atoms with Crippen molar-refractivity contribution in [3.63, 3.8) is 0 Å². The predicted octanol–water partition coefficient (Wildman–Crippen LogP) is 4.08. The molecule has 0 atom stereocenters. The molecule has 0 bridgehead atoms. The Morgan fingerprint density at radius 2 is 1.75 bits per heavy atom. The summed E-state index contributed by atoms with van der Waals surface area (Å²) in [6, 6.07) is 15.1. The van der Waals surface area contributed by atoms with Crippen LogP contribution in [-0.4, -0.2) is 47.1 Å². The number of carbonyl (C=O) groups is 2. The van der Waals surface area contributed by atoms with Crippen molar-refractivity contribution in [3.8, 4) is 11.1 Å². The molecular weight excluding hydrogens is 458 g/mol. The molecule has 0 radical (unpaired) electrons. The average Bonchev–Trinajstić information content (AvgIpc) is 2.86. The lowest BCUT2D eigenvalue weighted by molar-refractivity contribution is 0.0516. The first kappa shape index (κ1) is 24.7. The molecule has 0 saturated carbocycles. The van der Waals surface area contributed by atoms with Crippen molar-refractivity contribution in [2.75, 3.05) is 18.0 Å². The van der Waals surface area contributed by atoms with Crippen LogP contribution < -0.4 is 16.0 Å². The van der Waals surface area contributed by atoms with Gasteiger partial charge in [0.1, 0.15) is 5.56 Å². The van der Waals surface area contributed by atoms with E-state index in [4.69, 9.17) is 15.7 Å². The van der Waals surface area contributed by atoms with Crippen LogP contribution in [-0.2, 0) is 4.84 Å². The van der Waals surface area contributed by atoms with Gasteiger partial charge in [0.05, 0.1) is 5.69 Å². The number of amidine groups is 1. The lowest BCUT2D eigenvalue weighted by atomic mass is 9.96. The molecule has 9 nitrogen and oxygen atoms in total. The monoisotopic (exact) mass is 487 g/mol. The van der Waals surface area contributed by atoms with Crippen LogP contribution in [0.1, 0.15) is 39.9 Å². The van der Waals surface area contributed by atoms with Crippen LogP contribution in [0.4, 0.5) is 10.5 Å². The van der Waals surface area contributed by atoms with Crippen LogP contribution in [0.25, 0.3) is 11.1 Å². The number of nitrogens with zero attached hydrogens (tertiary/aromatic N) is 3. The highest BCUT2D eigenvalue weighted by Crippen LogP contribution is 2.36. The number of oxime groups is 1. The molecular formula is C27H29N5O4. The zero-order valence-corrected chi connectivity index (χ0v) is 20.3. The van der Waals surface area contributed by atoms with Crippen molar-refractivity contribution in [2.45, 2.75) is 32.7 Å². The number of piperidine rings is 1. The Hall–Kier alpha value is -4.40. The molecule has 2 aromatic carbocycles. The maximum Gasteiger partial charge on any atom is 0.404 e. The fourth-order valence-electron chi connectivity index (χ4n) is 4.51. The van der Waals surface area contributed by atoms with Gasteiger partial charge in [-0.25, -0.2) is 9.59 Å². The second-order valence-corrected chi connectivity index (χ2v) is 8.89. The van der Waals surface area contributed by atoms with Crippen molar-refractivity contribution in [2.24, 2.45) is 10.9 Å². The third-order valence-corrected chi connectivity index (χ3v) is 6.11. The number of aromatic nitrogens is 1. The molecule has 0 aliphatic carbocycles. The summed E-state index contributed by atoms with van der Waals surface area (Å²) in [5.74, 6) is -0.585. The van der Waals surface area contributed by atoms with Crippen molar-refractivity contribution < 1.29 is 19.5 Å². The van der Waals surface area contributed by atoms with Crippen LogP contribution in [0, 0.1) is 13.8 Å². The summed E-state index contributed by atoms with van der Waals surface area (Å²) in [4.78, 5) is 36.0. The Balaban J connectivity index is 1.69. The van der Waals surface area contributed by atoms with E-state index in [2.05, 4.69) is 26.4 Å². The molecule has 0 spiro atoms. The maximum absolute atomic E-state index is 13.2. The molecule has 1 aromatic heterocycles. The zero-order chi connectivity index (χ0) is 25.7. The number of amides is 1. The highest BCUT2D eigenvalue weighted by molar-refractivity contribution is 6.01. The number of rotatable bonds is 6. The molecule has 2 heterocycles. The van der Waals surface area contributed by atoms with E-state index in [0.717, 1.165) is 22.3 Å². The number of nitrogens with two attached hydrogens (primary N) is 1. The molecule has 0 unspecified atom stereocenters. The highest BCUT2D eigenvalue weighted by Gasteiger charge is 2.28. The largest absolute Gasteiger partial charge is 0.465 e. The van der Waals surface area contributed by atoms with Gasteiger partial charge in [0, 0.05) is 42.7 Å². The minimum atomic E-state index is -1.04. The number of benzene rings is 2. The molecule has 9 heteroatoms. The number of carbonyl (C=O) groups excluding carboxylic acids is 1. The molecule has 3 aromatic rings. The first-order valence-corrected chi connectivity index (χ1v) is 11.7. The summed E-state index contributed by atoms with van der Waals surface area (Å²) in [7, 11) is 0. The highest BCUT2D eigenvalue weighted by atomic mass is 16.7. The predicted molar refractivity (Wildman–Crippen MR) is 138 cm³/mol. The van der Waals surface area contributed by atoms with E-state index in [1.165, 1.54) is 6.20 Å². The fraction of sp³-hybridized carbons (Fsp3) is 0.259. The zero-order valence-electron chi connectivity index (χ0n) is 20.3. The normalized spacial score (nSPS) is 14.4. The number of aryl methyl sites for hydroxylation is 2. The van der Waals surface area contributed by atoms with Gasteiger partial charge in [-0.3, -0.25) is 4.98 Å². The molecule has 1 fully saturated rings. The van der Waals surface area contributed by atoms with Gasteiger partial charge in [-0.05, 0) is 32.3 Å². The van der Waals surface area contributed by atoms with Gasteiger partial charge >= 0.3 is 12.1 Å². The molecule has 1 amide bonds. The smallest absolute Gasteiger partial charge is 0.404 e. The van der Waals surface area contributed by atoms with Crippen LogP contribution >= 0.6 is 0 Å². The van der Waals surface area contributed by atoms with Crippen molar-refractivity contribution >= 4 is 23.6 Å². The third kappa shape index (κ3) is 5.80. The first-order valence-electron chi connectivity index (χ1n) is 11.7. The van der Waals surface area contributed by atoms with E-state index in [1.54, 1.807) is 18.3 Å². The first-order chi connectivity index (χ1) is 17.3. The van der Waals surface area contributed by atoms with Gasteiger partial charge < -0.3 is 25.9 Å². The number of hydrogen-bond donors (Lipinski definition) is 3. The number of hydrogen-bond acceptors (Lipinski definition) is 6. The molecule has 1 saturated heterocycles. The van der Waals surface area contributed by atoms with Crippen LogP contribution in [0.2, 0.25) is 0 Å². The van der Waals surface area contributed by atoms with Gasteiger partial charge in [0.15, 0.2) is 5.84 Å². The van der Waals surface area contributed by atoms with E-state index >= 15 is 0 Å². The van der Waals surface area contributed by atoms with Gasteiger partial charge in [-0.1, -0.05) is 64.8 Å². The maximum atomic E-state index is 13.2. The summed E-state index contributed by atoms with van der Waals surface area (Å²) in [5, 5.41) is 15.5. The van der Waals surface area contributed by atoms with Crippen LogP contribution in [0.5, 0.6) is 0 Å². The standard InChI is InChI=1S/C27H29N5O4/c1-17-12-18(2)14-20(13-17)22-15-29-16-23(24(22)32-10-8-21(9-11-32)30-27(34)35)26(33)36-31-25(28)19-6-4-3-5-7-19/h3-7,12-16,21,30H,8-11H2,1-2H3,(H2,28,31)(H,34,35). The molecule has 36 heavy (non-hydrogen) atoms. The molecule has 4 N–H and O–H groups in total. The van der Waals surface area contributed by atoms with Gasteiger partial charge in [-0.15, -0.1) is 0 Å². The SMILES string of the molecule is Cc1cc(C)cc(-c2cncc(C(=O)O/N=C(\N)c3ccccc3)c2N2CCC(NC(=O)O)CC2)c1. The minimum Gasteiger partial charge on any atom is -0.465 e.